The van der Waals surface area contributed by atoms with E-state index < -0.39 is 11.9 Å². The fraction of sp³-hybridized carbons (Fsp3) is 0.167. The van der Waals surface area contributed by atoms with Gasteiger partial charge in [0.1, 0.15) is 0 Å². The number of benzene rings is 1. The molecule has 0 radical (unpaired) electrons. The summed E-state index contributed by atoms with van der Waals surface area (Å²) in [6.07, 6.45) is 1.04. The van der Waals surface area contributed by atoms with Crippen molar-refractivity contribution in [1.29, 1.82) is 0 Å². The molecular weight excluding hydrogens is 222 g/mol. The number of nitrogens with one attached hydrogen (secondary N) is 1. The minimum atomic E-state index is -0.600. The minimum Gasteiger partial charge on any atom is -0.463 e. The maximum absolute atomic E-state index is 11.6. The minimum absolute atomic E-state index is 0.0675. The van der Waals surface area contributed by atoms with E-state index in [4.69, 9.17) is 9.47 Å². The zero-order valence-electron chi connectivity index (χ0n) is 9.23. The average molecular weight is 233 g/mol. The molecule has 5 nitrogen and oxygen atoms in total. The number of amides is 1. The Balaban J connectivity index is 2.23. The van der Waals surface area contributed by atoms with Crippen LogP contribution in [0.4, 0.5) is 5.69 Å². The summed E-state index contributed by atoms with van der Waals surface area (Å²) in [5.41, 5.74) is 0.582. The van der Waals surface area contributed by atoms with E-state index in [-0.39, 0.29) is 12.4 Å². The highest BCUT2D eigenvalue weighted by Gasteiger charge is 2.22. The van der Waals surface area contributed by atoms with Gasteiger partial charge in [-0.3, -0.25) is 4.79 Å². The first-order valence-electron chi connectivity index (χ1n) is 5.17. The number of ether oxygens (including phenoxy) is 2. The van der Waals surface area contributed by atoms with Crippen molar-refractivity contribution in [3.63, 3.8) is 0 Å². The first kappa shape index (κ1) is 11.2. The third kappa shape index (κ3) is 2.44. The number of rotatable bonds is 2. The Morgan fingerprint density at radius 1 is 1.47 bits per heavy atom. The third-order valence-electron chi connectivity index (χ3n) is 2.11. The molecule has 0 atom stereocenters. The van der Waals surface area contributed by atoms with Crippen LogP contribution in [0.5, 0.6) is 5.75 Å². The maximum atomic E-state index is 11.6. The lowest BCUT2D eigenvalue weighted by Crippen LogP contribution is -2.24. The summed E-state index contributed by atoms with van der Waals surface area (Å²) < 4.78 is 10.0. The molecule has 1 amide bonds. The van der Waals surface area contributed by atoms with Crippen molar-refractivity contribution in [2.75, 3.05) is 11.9 Å². The van der Waals surface area contributed by atoms with Crippen LogP contribution in [0.3, 0.4) is 0 Å². The lowest BCUT2D eigenvalue weighted by molar-refractivity contribution is -0.137. The van der Waals surface area contributed by atoms with E-state index in [1.165, 1.54) is 0 Å². The molecule has 2 rings (SSSR count). The topological polar surface area (TPSA) is 64.6 Å². The predicted octanol–water partition coefficient (Wildman–Crippen LogP) is 1.46. The first-order chi connectivity index (χ1) is 8.20. The van der Waals surface area contributed by atoms with Crippen LogP contribution < -0.4 is 10.1 Å². The maximum Gasteiger partial charge on any atom is 0.334 e. The number of anilines is 1. The molecule has 0 saturated carbocycles. The Labute approximate surface area is 98.0 Å². The van der Waals surface area contributed by atoms with Gasteiger partial charge < -0.3 is 14.8 Å². The Morgan fingerprint density at radius 2 is 2.24 bits per heavy atom. The molecule has 1 aromatic carbocycles. The summed E-state index contributed by atoms with van der Waals surface area (Å²) in [5.74, 6) is -0.626. The van der Waals surface area contributed by atoms with Crippen molar-refractivity contribution in [1.82, 2.24) is 0 Å². The van der Waals surface area contributed by atoms with Crippen LogP contribution in [0, 0.1) is 0 Å². The second-order valence-electron chi connectivity index (χ2n) is 3.31. The largest absolute Gasteiger partial charge is 0.463 e. The molecule has 0 bridgehead atoms. The number of esters is 1. The van der Waals surface area contributed by atoms with E-state index in [1.807, 2.05) is 0 Å². The van der Waals surface area contributed by atoms with E-state index in [9.17, 15) is 9.59 Å². The van der Waals surface area contributed by atoms with Gasteiger partial charge in [-0.2, -0.15) is 0 Å². The first-order valence-corrected chi connectivity index (χ1v) is 5.17. The van der Waals surface area contributed by atoms with Crippen LogP contribution >= 0.6 is 0 Å². The molecule has 0 unspecified atom stereocenters. The van der Waals surface area contributed by atoms with Gasteiger partial charge in [-0.25, -0.2) is 4.79 Å². The van der Waals surface area contributed by atoms with Crippen molar-refractivity contribution in [3.8, 4) is 5.75 Å². The molecule has 0 spiro atoms. The van der Waals surface area contributed by atoms with Gasteiger partial charge in [0.05, 0.1) is 18.4 Å². The molecule has 5 heteroatoms. The Bertz CT molecular complexity index is 493. The van der Waals surface area contributed by atoms with Crippen LogP contribution in [0.25, 0.3) is 0 Å². The van der Waals surface area contributed by atoms with Gasteiger partial charge in [0.15, 0.2) is 11.5 Å². The lowest BCUT2D eigenvalue weighted by atomic mass is 10.2. The fourth-order valence-corrected chi connectivity index (χ4v) is 1.39. The zero-order chi connectivity index (χ0) is 12.3. The standard InChI is InChI=1S/C12H11NO4/c1-2-16-11(14)7-10-12(15)13-8-5-3-4-6-9(8)17-10/h3-7H,2H2,1H3,(H,13,15). The van der Waals surface area contributed by atoms with Crippen molar-refractivity contribution >= 4 is 17.6 Å². The van der Waals surface area contributed by atoms with Crippen molar-refractivity contribution < 1.29 is 19.1 Å². The number of carbonyl (C=O) groups is 2. The Kier molecular flexibility index (Phi) is 3.09. The average Bonchev–Trinajstić information content (AvgIpc) is 2.30. The van der Waals surface area contributed by atoms with Gasteiger partial charge in [0.2, 0.25) is 0 Å². The molecule has 0 aromatic heterocycles. The second-order valence-corrected chi connectivity index (χ2v) is 3.31. The second kappa shape index (κ2) is 4.69. The summed E-state index contributed by atoms with van der Waals surface area (Å²) in [6.45, 7) is 1.94. The highest BCUT2D eigenvalue weighted by atomic mass is 16.5. The molecule has 0 aliphatic carbocycles. The molecule has 0 fully saturated rings. The molecule has 1 aromatic rings. The van der Waals surface area contributed by atoms with Crippen molar-refractivity contribution in [2.45, 2.75) is 6.92 Å². The number of hydrogen-bond donors (Lipinski definition) is 1. The van der Waals surface area contributed by atoms with Crippen LogP contribution in [0.1, 0.15) is 6.92 Å². The highest BCUT2D eigenvalue weighted by molar-refractivity contribution is 6.08. The molecule has 1 N–H and O–H groups in total. The molecule has 0 saturated heterocycles. The van der Waals surface area contributed by atoms with E-state index in [0.717, 1.165) is 6.08 Å². The number of hydrogen-bond acceptors (Lipinski definition) is 4. The van der Waals surface area contributed by atoms with Gasteiger partial charge in [0, 0.05) is 0 Å². The zero-order valence-corrected chi connectivity index (χ0v) is 9.23. The molecule has 88 valence electrons. The van der Waals surface area contributed by atoms with Gasteiger partial charge in [-0.1, -0.05) is 12.1 Å². The Hall–Kier alpha value is -2.30. The predicted molar refractivity (Wildman–Crippen MR) is 60.4 cm³/mol. The quantitative estimate of drug-likeness (QED) is 0.620. The molecule has 1 heterocycles. The summed E-state index contributed by atoms with van der Waals surface area (Å²) >= 11 is 0. The van der Waals surface area contributed by atoms with Crippen LogP contribution in [0.2, 0.25) is 0 Å². The van der Waals surface area contributed by atoms with Gasteiger partial charge in [-0.15, -0.1) is 0 Å². The van der Waals surface area contributed by atoms with Crippen molar-refractivity contribution in [3.05, 3.63) is 36.1 Å². The van der Waals surface area contributed by atoms with Gasteiger partial charge in [0.25, 0.3) is 5.91 Å². The molecule has 17 heavy (non-hydrogen) atoms. The lowest BCUT2D eigenvalue weighted by Gasteiger charge is -2.19. The normalized spacial score (nSPS) is 15.8. The van der Waals surface area contributed by atoms with Crippen LogP contribution in [0.15, 0.2) is 36.1 Å². The number of carbonyl (C=O) groups excluding carboxylic acids is 2. The summed E-state index contributed by atoms with van der Waals surface area (Å²) in [6, 6.07) is 6.98. The summed E-state index contributed by atoms with van der Waals surface area (Å²) in [4.78, 5) is 22.8. The number of fused-ring (bicyclic) bond motifs is 1. The Morgan fingerprint density at radius 3 is 3.00 bits per heavy atom. The highest BCUT2D eigenvalue weighted by Crippen LogP contribution is 2.29. The molecule has 1 aliphatic heterocycles. The SMILES string of the molecule is CCOC(=O)C=C1Oc2ccccc2NC1=O. The summed E-state index contributed by atoms with van der Waals surface area (Å²) in [5, 5.41) is 2.62. The van der Waals surface area contributed by atoms with E-state index in [1.54, 1.807) is 31.2 Å². The van der Waals surface area contributed by atoms with E-state index >= 15 is 0 Å². The van der Waals surface area contributed by atoms with E-state index in [0.29, 0.717) is 11.4 Å². The van der Waals surface area contributed by atoms with E-state index in [2.05, 4.69) is 5.32 Å². The smallest absolute Gasteiger partial charge is 0.334 e. The third-order valence-corrected chi connectivity index (χ3v) is 2.11. The van der Waals surface area contributed by atoms with Gasteiger partial charge in [-0.05, 0) is 19.1 Å². The molecule has 1 aliphatic rings. The number of para-hydroxylation sites is 2. The summed E-state index contributed by atoms with van der Waals surface area (Å²) in [7, 11) is 0. The van der Waals surface area contributed by atoms with Crippen molar-refractivity contribution in [2.24, 2.45) is 0 Å². The fourth-order valence-electron chi connectivity index (χ4n) is 1.39. The molecular formula is C12H11NO4. The monoisotopic (exact) mass is 233 g/mol. The van der Waals surface area contributed by atoms with Crippen LogP contribution in [-0.4, -0.2) is 18.5 Å². The van der Waals surface area contributed by atoms with Gasteiger partial charge >= 0.3 is 5.97 Å². The van der Waals surface area contributed by atoms with Crippen LogP contribution in [-0.2, 0) is 14.3 Å².